The van der Waals surface area contributed by atoms with Crippen LogP contribution < -0.4 is 4.74 Å². The number of thioether (sulfide) groups is 1. The molecule has 0 radical (unpaired) electrons. The van der Waals surface area contributed by atoms with Crippen LogP contribution in [0.1, 0.15) is 23.1 Å². The monoisotopic (exact) mass is 328 g/mol. The Labute approximate surface area is 130 Å². The third-order valence-electron chi connectivity index (χ3n) is 2.57. The number of carbonyl (C=O) groups excluding carboxylic acids is 1. The molecule has 2 rings (SSSR count). The van der Waals surface area contributed by atoms with Crippen LogP contribution in [0.4, 0.5) is 0 Å². The molecule has 0 aliphatic rings. The molecule has 0 saturated heterocycles. The van der Waals surface area contributed by atoms with Crippen LogP contribution in [0.15, 0.2) is 22.5 Å². The lowest BCUT2D eigenvalue weighted by molar-refractivity contribution is 0.102. The molecule has 106 valence electrons. The van der Waals surface area contributed by atoms with Crippen molar-refractivity contribution in [2.24, 2.45) is 0 Å². The average Bonchev–Trinajstić information content (AvgIpc) is 2.92. The second-order valence-corrected chi connectivity index (χ2v) is 6.27. The van der Waals surface area contributed by atoms with Gasteiger partial charge in [-0.15, -0.1) is 0 Å². The van der Waals surface area contributed by atoms with E-state index < -0.39 is 0 Å². The molecular formula is C13H13ClN2O2S2. The van der Waals surface area contributed by atoms with E-state index in [1.807, 2.05) is 6.92 Å². The van der Waals surface area contributed by atoms with Gasteiger partial charge in [0.05, 0.1) is 17.9 Å². The van der Waals surface area contributed by atoms with Crippen LogP contribution in [0.3, 0.4) is 0 Å². The highest BCUT2D eigenvalue weighted by molar-refractivity contribution is 8.01. The molecule has 4 nitrogen and oxygen atoms in total. The van der Waals surface area contributed by atoms with Gasteiger partial charge in [0.1, 0.15) is 11.6 Å². The molecule has 0 bridgehead atoms. The fraction of sp³-hybridized carbons (Fsp3) is 0.308. The largest absolute Gasteiger partial charge is 0.495 e. The summed E-state index contributed by atoms with van der Waals surface area (Å²) >= 11 is 8.73. The molecule has 0 aliphatic carbocycles. The molecule has 0 unspecified atom stereocenters. The van der Waals surface area contributed by atoms with E-state index in [-0.39, 0.29) is 5.78 Å². The van der Waals surface area contributed by atoms with Crippen molar-refractivity contribution in [3.05, 3.63) is 34.6 Å². The molecule has 0 atom stereocenters. The summed E-state index contributed by atoms with van der Waals surface area (Å²) in [5.74, 6) is 1.71. The fourth-order valence-electron chi connectivity index (χ4n) is 1.49. The van der Waals surface area contributed by atoms with E-state index in [9.17, 15) is 4.79 Å². The molecule has 0 fully saturated rings. The smallest absolute Gasteiger partial charge is 0.173 e. The van der Waals surface area contributed by atoms with Crippen molar-refractivity contribution in [2.45, 2.75) is 17.7 Å². The molecule has 0 saturated carbocycles. The highest BCUT2D eigenvalue weighted by atomic mass is 35.5. The third kappa shape index (κ3) is 3.71. The lowest BCUT2D eigenvalue weighted by Gasteiger charge is -2.04. The first-order valence-corrected chi connectivity index (χ1v) is 8.10. The number of hydrogen-bond acceptors (Lipinski definition) is 6. The van der Waals surface area contributed by atoms with E-state index >= 15 is 0 Å². The van der Waals surface area contributed by atoms with E-state index in [4.69, 9.17) is 16.3 Å². The number of halogens is 1. The first-order valence-electron chi connectivity index (χ1n) is 5.96. The summed E-state index contributed by atoms with van der Waals surface area (Å²) in [6.45, 7) is 2.00. The van der Waals surface area contributed by atoms with Crippen molar-refractivity contribution >= 4 is 40.7 Å². The number of nitrogens with zero attached hydrogens (tertiary/aromatic N) is 2. The van der Waals surface area contributed by atoms with Crippen molar-refractivity contribution < 1.29 is 9.53 Å². The van der Waals surface area contributed by atoms with Crippen molar-refractivity contribution in [3.63, 3.8) is 0 Å². The topological polar surface area (TPSA) is 52.1 Å². The van der Waals surface area contributed by atoms with Gasteiger partial charge in [-0.05, 0) is 29.7 Å². The normalized spacial score (nSPS) is 10.6. The van der Waals surface area contributed by atoms with Crippen LogP contribution in [-0.2, 0) is 6.42 Å². The van der Waals surface area contributed by atoms with Gasteiger partial charge in [-0.2, -0.15) is 4.37 Å². The molecule has 1 aromatic carbocycles. The second kappa shape index (κ2) is 7.06. The maximum Gasteiger partial charge on any atom is 0.173 e. The summed E-state index contributed by atoms with van der Waals surface area (Å²) < 4.78 is 10.1. The molecule has 0 aliphatic heterocycles. The minimum absolute atomic E-state index is 0.00722. The zero-order valence-electron chi connectivity index (χ0n) is 11.1. The molecule has 2 aromatic rings. The van der Waals surface area contributed by atoms with E-state index in [1.165, 1.54) is 23.3 Å². The number of aromatic nitrogens is 2. The van der Waals surface area contributed by atoms with Gasteiger partial charge in [-0.25, -0.2) is 4.98 Å². The summed E-state index contributed by atoms with van der Waals surface area (Å²) in [6, 6.07) is 5.03. The summed E-state index contributed by atoms with van der Waals surface area (Å²) in [5, 5.41) is 0.438. The summed E-state index contributed by atoms with van der Waals surface area (Å²) in [6.07, 6.45) is 0.805. The number of benzene rings is 1. The van der Waals surface area contributed by atoms with Crippen molar-refractivity contribution in [1.29, 1.82) is 0 Å². The van der Waals surface area contributed by atoms with Gasteiger partial charge in [0.15, 0.2) is 10.1 Å². The fourth-order valence-corrected chi connectivity index (χ4v) is 3.34. The molecule has 1 aromatic heterocycles. The number of Topliss-reactive ketones (excluding diaryl/α,β-unsaturated/α-hetero) is 1. The van der Waals surface area contributed by atoms with E-state index in [1.54, 1.807) is 25.3 Å². The SMILES string of the molecule is CCc1nsc(SCC(=O)c2ccc(OC)c(Cl)c2)n1. The van der Waals surface area contributed by atoms with Crippen LogP contribution >= 0.6 is 34.9 Å². The Morgan fingerprint density at radius 3 is 2.90 bits per heavy atom. The maximum atomic E-state index is 12.1. The number of rotatable bonds is 6. The highest BCUT2D eigenvalue weighted by Crippen LogP contribution is 2.26. The number of ketones is 1. The zero-order valence-corrected chi connectivity index (χ0v) is 13.4. The highest BCUT2D eigenvalue weighted by Gasteiger charge is 2.11. The molecule has 0 amide bonds. The first kappa shape index (κ1) is 15.3. The van der Waals surface area contributed by atoms with Crippen molar-refractivity contribution in [2.75, 3.05) is 12.9 Å². The Morgan fingerprint density at radius 2 is 2.30 bits per heavy atom. The number of hydrogen-bond donors (Lipinski definition) is 0. The van der Waals surface area contributed by atoms with Gasteiger partial charge in [0.2, 0.25) is 0 Å². The predicted molar refractivity (Wildman–Crippen MR) is 82.3 cm³/mol. The van der Waals surface area contributed by atoms with Gasteiger partial charge in [0, 0.05) is 12.0 Å². The maximum absolute atomic E-state index is 12.1. The molecule has 0 N–H and O–H groups in total. The molecular weight excluding hydrogens is 316 g/mol. The van der Waals surface area contributed by atoms with Gasteiger partial charge >= 0.3 is 0 Å². The molecule has 7 heteroatoms. The number of methoxy groups -OCH3 is 1. The standard InChI is InChI=1S/C13H13ClN2O2S2/c1-3-12-15-13(20-16-12)19-7-10(17)8-4-5-11(18-2)9(14)6-8/h4-6H,3,7H2,1-2H3. The van der Waals surface area contributed by atoms with Gasteiger partial charge in [0.25, 0.3) is 0 Å². The average molecular weight is 329 g/mol. The second-order valence-electron chi connectivity index (χ2n) is 3.89. The number of ether oxygens (including phenoxy) is 1. The van der Waals surface area contributed by atoms with Crippen LogP contribution in [0.5, 0.6) is 5.75 Å². The van der Waals surface area contributed by atoms with E-state index in [0.29, 0.717) is 22.1 Å². The Hall–Kier alpha value is -1.11. The third-order valence-corrected chi connectivity index (χ3v) is 4.73. The van der Waals surface area contributed by atoms with E-state index in [0.717, 1.165) is 16.6 Å². The minimum Gasteiger partial charge on any atom is -0.495 e. The Balaban J connectivity index is 1.99. The Bertz CT molecular complexity index is 616. The summed E-state index contributed by atoms with van der Waals surface area (Å²) in [7, 11) is 1.54. The Morgan fingerprint density at radius 1 is 1.50 bits per heavy atom. The van der Waals surface area contributed by atoms with Gasteiger partial charge < -0.3 is 4.74 Å². The lowest BCUT2D eigenvalue weighted by Crippen LogP contribution is -2.02. The lowest BCUT2D eigenvalue weighted by atomic mass is 10.1. The molecule has 20 heavy (non-hydrogen) atoms. The van der Waals surface area contributed by atoms with Crippen molar-refractivity contribution in [1.82, 2.24) is 9.36 Å². The Kier molecular flexibility index (Phi) is 5.39. The van der Waals surface area contributed by atoms with Gasteiger partial charge in [-0.3, -0.25) is 4.79 Å². The molecule has 0 spiro atoms. The summed E-state index contributed by atoms with van der Waals surface area (Å²) in [4.78, 5) is 16.4. The summed E-state index contributed by atoms with van der Waals surface area (Å²) in [5.41, 5.74) is 0.573. The van der Waals surface area contributed by atoms with Crippen LogP contribution in [0, 0.1) is 0 Å². The zero-order chi connectivity index (χ0) is 14.5. The van der Waals surface area contributed by atoms with Crippen LogP contribution in [0.25, 0.3) is 0 Å². The van der Waals surface area contributed by atoms with Gasteiger partial charge in [-0.1, -0.05) is 30.3 Å². The van der Waals surface area contributed by atoms with E-state index in [2.05, 4.69) is 9.36 Å². The van der Waals surface area contributed by atoms with Crippen LogP contribution in [-0.4, -0.2) is 28.0 Å². The molecule has 1 heterocycles. The quantitative estimate of drug-likeness (QED) is 0.597. The van der Waals surface area contributed by atoms with Crippen LogP contribution in [0.2, 0.25) is 5.02 Å². The first-order chi connectivity index (χ1) is 9.63. The number of aryl methyl sites for hydroxylation is 1. The minimum atomic E-state index is 0.00722. The number of carbonyl (C=O) groups is 1. The predicted octanol–water partition coefficient (Wildman–Crippen LogP) is 3.74. The van der Waals surface area contributed by atoms with Crippen molar-refractivity contribution in [3.8, 4) is 5.75 Å².